The standard InChI is InChI=1S/C17H30N2O/c1-2-17(9-6-12-18-17)15(20)19-13-10-16(11-14-19)7-4-3-5-8-16/h18H,2-14H2,1H3. The molecule has 3 heteroatoms. The van der Waals surface area contributed by atoms with Crippen molar-refractivity contribution in [3.63, 3.8) is 0 Å². The molecule has 0 aromatic carbocycles. The van der Waals surface area contributed by atoms with E-state index < -0.39 is 0 Å². The highest BCUT2D eigenvalue weighted by Crippen LogP contribution is 2.45. The number of nitrogens with one attached hydrogen (secondary N) is 1. The summed E-state index contributed by atoms with van der Waals surface area (Å²) >= 11 is 0. The third-order valence-electron chi connectivity index (χ3n) is 6.28. The molecular weight excluding hydrogens is 248 g/mol. The molecule has 0 aromatic rings. The van der Waals surface area contributed by atoms with Crippen molar-refractivity contribution in [2.24, 2.45) is 5.41 Å². The van der Waals surface area contributed by atoms with Crippen LogP contribution >= 0.6 is 0 Å². The molecule has 1 spiro atoms. The fourth-order valence-electron chi connectivity index (χ4n) is 4.73. The molecule has 1 amide bonds. The minimum absolute atomic E-state index is 0.225. The Balaban J connectivity index is 1.61. The Kier molecular flexibility index (Phi) is 4.07. The van der Waals surface area contributed by atoms with Gasteiger partial charge in [0.05, 0.1) is 5.54 Å². The van der Waals surface area contributed by atoms with Gasteiger partial charge in [-0.25, -0.2) is 0 Å². The van der Waals surface area contributed by atoms with Gasteiger partial charge in [-0.1, -0.05) is 26.2 Å². The van der Waals surface area contributed by atoms with E-state index in [1.165, 1.54) is 44.9 Å². The Morgan fingerprint density at radius 2 is 1.70 bits per heavy atom. The number of hydrogen-bond donors (Lipinski definition) is 1. The van der Waals surface area contributed by atoms with Crippen LogP contribution in [-0.4, -0.2) is 36.0 Å². The van der Waals surface area contributed by atoms with Crippen LogP contribution in [0.2, 0.25) is 0 Å². The lowest BCUT2D eigenvalue weighted by Crippen LogP contribution is -2.57. The summed E-state index contributed by atoms with van der Waals surface area (Å²) < 4.78 is 0. The van der Waals surface area contributed by atoms with Crippen molar-refractivity contribution in [3.05, 3.63) is 0 Å². The number of nitrogens with zero attached hydrogens (tertiary/aromatic N) is 1. The van der Waals surface area contributed by atoms with Gasteiger partial charge in [0.2, 0.25) is 5.91 Å². The number of rotatable bonds is 2. The van der Waals surface area contributed by atoms with Crippen molar-refractivity contribution < 1.29 is 4.79 Å². The predicted molar refractivity (Wildman–Crippen MR) is 81.6 cm³/mol. The van der Waals surface area contributed by atoms with Crippen molar-refractivity contribution in [2.45, 2.75) is 76.7 Å². The van der Waals surface area contributed by atoms with E-state index in [4.69, 9.17) is 0 Å². The maximum Gasteiger partial charge on any atom is 0.242 e. The van der Waals surface area contributed by atoms with Gasteiger partial charge < -0.3 is 10.2 Å². The fourth-order valence-corrected chi connectivity index (χ4v) is 4.73. The summed E-state index contributed by atoms with van der Waals surface area (Å²) in [6.45, 7) is 5.17. The topological polar surface area (TPSA) is 32.3 Å². The van der Waals surface area contributed by atoms with Gasteiger partial charge in [0.25, 0.3) is 0 Å². The Hall–Kier alpha value is -0.570. The van der Waals surface area contributed by atoms with Crippen LogP contribution in [0.5, 0.6) is 0 Å². The minimum Gasteiger partial charge on any atom is -0.341 e. The molecule has 20 heavy (non-hydrogen) atoms. The molecule has 1 saturated carbocycles. The largest absolute Gasteiger partial charge is 0.341 e. The van der Waals surface area contributed by atoms with Crippen LogP contribution < -0.4 is 5.32 Å². The van der Waals surface area contributed by atoms with Gasteiger partial charge in [0.1, 0.15) is 0 Å². The van der Waals surface area contributed by atoms with Gasteiger partial charge in [-0.2, -0.15) is 0 Å². The SMILES string of the molecule is CCC1(C(=O)N2CCC3(CCCCC3)CC2)CCCN1. The first-order valence-corrected chi connectivity index (χ1v) is 8.74. The molecule has 3 nitrogen and oxygen atoms in total. The molecule has 2 heterocycles. The summed E-state index contributed by atoms with van der Waals surface area (Å²) in [5, 5.41) is 3.50. The zero-order valence-electron chi connectivity index (χ0n) is 13.0. The van der Waals surface area contributed by atoms with Crippen molar-refractivity contribution in [3.8, 4) is 0 Å². The first kappa shape index (κ1) is 14.4. The summed E-state index contributed by atoms with van der Waals surface area (Å²) in [6, 6.07) is 0. The van der Waals surface area contributed by atoms with Crippen LogP contribution in [0.3, 0.4) is 0 Å². The van der Waals surface area contributed by atoms with E-state index in [-0.39, 0.29) is 5.54 Å². The van der Waals surface area contributed by atoms with E-state index in [0.29, 0.717) is 11.3 Å². The highest BCUT2D eigenvalue weighted by Gasteiger charge is 2.44. The van der Waals surface area contributed by atoms with E-state index in [1.54, 1.807) is 0 Å². The molecule has 1 atom stereocenters. The average Bonchev–Trinajstić information content (AvgIpc) is 2.98. The van der Waals surface area contributed by atoms with Gasteiger partial charge in [-0.15, -0.1) is 0 Å². The Labute approximate surface area is 123 Å². The number of carbonyl (C=O) groups excluding carboxylic acids is 1. The molecule has 1 aliphatic carbocycles. The molecule has 2 aliphatic heterocycles. The second-order valence-electron chi connectivity index (χ2n) is 7.32. The number of amides is 1. The second-order valence-corrected chi connectivity index (χ2v) is 7.32. The Morgan fingerprint density at radius 3 is 2.25 bits per heavy atom. The molecule has 2 saturated heterocycles. The molecule has 3 fully saturated rings. The van der Waals surface area contributed by atoms with Crippen LogP contribution in [0.1, 0.15) is 71.1 Å². The maximum atomic E-state index is 12.9. The summed E-state index contributed by atoms with van der Waals surface area (Å²) in [5.74, 6) is 0.392. The molecule has 0 bridgehead atoms. The third kappa shape index (κ3) is 2.49. The van der Waals surface area contributed by atoms with Crippen LogP contribution in [0.15, 0.2) is 0 Å². The average molecular weight is 278 g/mol. The van der Waals surface area contributed by atoms with Crippen LogP contribution in [0, 0.1) is 5.41 Å². The molecule has 0 aromatic heterocycles. The van der Waals surface area contributed by atoms with Crippen LogP contribution in [0.4, 0.5) is 0 Å². The highest BCUT2D eigenvalue weighted by atomic mass is 16.2. The minimum atomic E-state index is -0.225. The fraction of sp³-hybridized carbons (Fsp3) is 0.941. The van der Waals surface area contributed by atoms with Crippen molar-refractivity contribution in [1.29, 1.82) is 0 Å². The van der Waals surface area contributed by atoms with Crippen molar-refractivity contribution in [1.82, 2.24) is 10.2 Å². The Morgan fingerprint density at radius 1 is 1.00 bits per heavy atom. The van der Waals surface area contributed by atoms with Gasteiger partial charge in [0.15, 0.2) is 0 Å². The first-order valence-electron chi connectivity index (χ1n) is 8.74. The van der Waals surface area contributed by atoms with Gasteiger partial charge >= 0.3 is 0 Å². The zero-order valence-corrected chi connectivity index (χ0v) is 13.0. The van der Waals surface area contributed by atoms with Gasteiger partial charge in [-0.05, 0) is 56.9 Å². The predicted octanol–water partition coefficient (Wildman–Crippen LogP) is 3.09. The molecule has 1 N–H and O–H groups in total. The van der Waals surface area contributed by atoms with Crippen LogP contribution in [0.25, 0.3) is 0 Å². The summed E-state index contributed by atoms with van der Waals surface area (Å²) in [6.07, 6.45) is 12.7. The lowest BCUT2D eigenvalue weighted by molar-refractivity contribution is -0.140. The number of likely N-dealkylation sites (tertiary alicyclic amines) is 1. The quantitative estimate of drug-likeness (QED) is 0.842. The Bertz CT molecular complexity index is 344. The van der Waals surface area contributed by atoms with Crippen molar-refractivity contribution >= 4 is 5.91 Å². The molecule has 3 aliphatic rings. The zero-order chi connectivity index (χ0) is 14.1. The molecule has 114 valence electrons. The van der Waals surface area contributed by atoms with E-state index in [2.05, 4.69) is 17.1 Å². The summed E-state index contributed by atoms with van der Waals surface area (Å²) in [4.78, 5) is 15.1. The smallest absolute Gasteiger partial charge is 0.242 e. The van der Waals surface area contributed by atoms with E-state index in [1.807, 2.05) is 0 Å². The van der Waals surface area contributed by atoms with Crippen molar-refractivity contribution in [2.75, 3.05) is 19.6 Å². The maximum absolute atomic E-state index is 12.9. The molecule has 3 rings (SSSR count). The molecule has 0 radical (unpaired) electrons. The van der Waals surface area contributed by atoms with E-state index in [0.717, 1.165) is 38.9 Å². The lowest BCUT2D eigenvalue weighted by atomic mass is 9.68. The number of carbonyl (C=O) groups is 1. The first-order chi connectivity index (χ1) is 9.70. The number of piperidine rings is 1. The monoisotopic (exact) mass is 278 g/mol. The summed E-state index contributed by atoms with van der Waals surface area (Å²) in [5.41, 5.74) is 0.370. The summed E-state index contributed by atoms with van der Waals surface area (Å²) in [7, 11) is 0. The molecular formula is C17H30N2O. The van der Waals surface area contributed by atoms with E-state index in [9.17, 15) is 4.79 Å². The van der Waals surface area contributed by atoms with Gasteiger partial charge in [-0.3, -0.25) is 4.79 Å². The second kappa shape index (κ2) is 5.67. The van der Waals surface area contributed by atoms with Gasteiger partial charge in [0, 0.05) is 13.1 Å². The lowest BCUT2D eigenvalue weighted by Gasteiger charge is -2.46. The highest BCUT2D eigenvalue weighted by molar-refractivity contribution is 5.86. The number of hydrogen-bond acceptors (Lipinski definition) is 2. The van der Waals surface area contributed by atoms with E-state index >= 15 is 0 Å². The third-order valence-corrected chi connectivity index (χ3v) is 6.28. The molecule has 1 unspecified atom stereocenters. The normalized spacial score (nSPS) is 33.5. The van der Waals surface area contributed by atoms with Crippen LogP contribution in [-0.2, 0) is 4.79 Å².